The molecular weight excluding hydrogens is 224 g/mol. The van der Waals surface area contributed by atoms with Crippen LogP contribution in [0.25, 0.3) is 0 Å². The van der Waals surface area contributed by atoms with Gasteiger partial charge in [-0.2, -0.15) is 0 Å². The summed E-state index contributed by atoms with van der Waals surface area (Å²) in [6, 6.07) is 0. The third-order valence-corrected chi connectivity index (χ3v) is 4.14. The summed E-state index contributed by atoms with van der Waals surface area (Å²) in [5.41, 5.74) is 2.07. The molecule has 3 nitrogen and oxygen atoms in total. The Balaban J connectivity index is 2.21. The molecule has 0 aromatic rings. The Morgan fingerprint density at radius 2 is 1.83 bits per heavy atom. The van der Waals surface area contributed by atoms with Gasteiger partial charge in [-0.25, -0.2) is 0 Å². The Bertz CT molecular complexity index is 346. The lowest BCUT2D eigenvalue weighted by Gasteiger charge is -2.39. The van der Waals surface area contributed by atoms with E-state index in [0.29, 0.717) is 5.92 Å². The summed E-state index contributed by atoms with van der Waals surface area (Å²) in [6.45, 7) is 7.20. The highest BCUT2D eigenvalue weighted by Gasteiger charge is 2.32. The van der Waals surface area contributed by atoms with E-state index in [2.05, 4.69) is 24.1 Å². The average molecular weight is 250 g/mol. The van der Waals surface area contributed by atoms with Crippen LogP contribution in [-0.2, 0) is 4.79 Å². The Kier molecular flexibility index (Phi) is 4.31. The predicted molar refractivity (Wildman–Crippen MR) is 73.9 cm³/mol. The van der Waals surface area contributed by atoms with E-state index in [9.17, 15) is 4.79 Å². The summed E-state index contributed by atoms with van der Waals surface area (Å²) < 4.78 is 0. The number of rotatable bonds is 1. The zero-order chi connectivity index (χ0) is 13.1. The first kappa shape index (κ1) is 13.4. The molecule has 3 heteroatoms. The summed E-state index contributed by atoms with van der Waals surface area (Å²) >= 11 is 0. The van der Waals surface area contributed by atoms with Crippen LogP contribution >= 0.6 is 0 Å². The molecule has 0 radical (unpaired) electrons. The number of allylic oxidation sites excluding steroid dienone is 1. The molecule has 1 fully saturated rings. The van der Waals surface area contributed by atoms with E-state index in [0.717, 1.165) is 30.7 Å². The smallest absolute Gasteiger partial charge is 0.252 e. The Hall–Kier alpha value is -0.990. The van der Waals surface area contributed by atoms with Crippen molar-refractivity contribution in [3.63, 3.8) is 0 Å². The van der Waals surface area contributed by atoms with E-state index in [1.54, 1.807) is 0 Å². The molecule has 1 amide bonds. The van der Waals surface area contributed by atoms with Crippen molar-refractivity contribution in [2.24, 2.45) is 5.92 Å². The molecule has 0 bridgehead atoms. The summed E-state index contributed by atoms with van der Waals surface area (Å²) in [4.78, 5) is 14.5. The molecule has 18 heavy (non-hydrogen) atoms. The Morgan fingerprint density at radius 3 is 2.56 bits per heavy atom. The maximum atomic E-state index is 12.5. The second-order valence-corrected chi connectivity index (χ2v) is 5.91. The molecule has 2 heterocycles. The molecular formula is C15H26N2O. The first-order chi connectivity index (χ1) is 8.61. The number of nitrogens with one attached hydrogen (secondary N) is 1. The molecule has 2 rings (SSSR count). The van der Waals surface area contributed by atoms with Crippen LogP contribution < -0.4 is 5.32 Å². The number of amides is 1. The second kappa shape index (κ2) is 5.77. The van der Waals surface area contributed by atoms with Crippen LogP contribution in [0, 0.1) is 5.92 Å². The highest BCUT2D eigenvalue weighted by molar-refractivity contribution is 5.94. The maximum absolute atomic E-state index is 12.5. The minimum atomic E-state index is 0.233. The number of carbonyl (C=O) groups excluding carboxylic acids is 1. The first-order valence-corrected chi connectivity index (χ1v) is 7.39. The predicted octanol–water partition coefficient (Wildman–Crippen LogP) is 3.03. The number of hydrogen-bond donors (Lipinski definition) is 1. The molecule has 1 saturated heterocycles. The average Bonchev–Trinajstić information content (AvgIpc) is 2.45. The van der Waals surface area contributed by atoms with E-state index in [-0.39, 0.29) is 12.1 Å². The van der Waals surface area contributed by atoms with Gasteiger partial charge in [0, 0.05) is 17.8 Å². The molecule has 1 atom stereocenters. The van der Waals surface area contributed by atoms with Gasteiger partial charge in [-0.15, -0.1) is 0 Å². The standard InChI is InChI=1S/C15H26N2O/c1-11(2)14-12(3)15(18)17-10-8-6-4-5-7-9-13(17)16-14/h11,13,16H,4-10H2,1-3H3. The summed E-state index contributed by atoms with van der Waals surface area (Å²) in [5.74, 6) is 0.660. The molecule has 0 aliphatic carbocycles. The number of carbonyl (C=O) groups is 1. The highest BCUT2D eigenvalue weighted by Crippen LogP contribution is 2.25. The third-order valence-electron chi connectivity index (χ3n) is 4.14. The minimum absolute atomic E-state index is 0.233. The van der Waals surface area contributed by atoms with Gasteiger partial charge in [0.25, 0.3) is 5.91 Å². The monoisotopic (exact) mass is 250 g/mol. The van der Waals surface area contributed by atoms with Gasteiger partial charge >= 0.3 is 0 Å². The molecule has 102 valence electrons. The topological polar surface area (TPSA) is 32.3 Å². The van der Waals surface area contributed by atoms with Gasteiger partial charge < -0.3 is 10.2 Å². The van der Waals surface area contributed by atoms with Crippen LogP contribution in [0.15, 0.2) is 11.3 Å². The quantitative estimate of drug-likeness (QED) is 0.776. The lowest BCUT2D eigenvalue weighted by atomic mass is 9.99. The van der Waals surface area contributed by atoms with Crippen molar-refractivity contribution < 1.29 is 4.79 Å². The van der Waals surface area contributed by atoms with E-state index < -0.39 is 0 Å². The number of fused-ring (bicyclic) bond motifs is 1. The molecule has 2 aliphatic heterocycles. The van der Waals surface area contributed by atoms with Crippen molar-refractivity contribution in [1.29, 1.82) is 0 Å². The van der Waals surface area contributed by atoms with E-state index in [1.165, 1.54) is 25.7 Å². The highest BCUT2D eigenvalue weighted by atomic mass is 16.2. The van der Waals surface area contributed by atoms with Gasteiger partial charge in [0.2, 0.25) is 0 Å². The van der Waals surface area contributed by atoms with Gasteiger partial charge in [0.15, 0.2) is 0 Å². The van der Waals surface area contributed by atoms with Crippen LogP contribution in [0.2, 0.25) is 0 Å². The van der Waals surface area contributed by atoms with Crippen molar-refractivity contribution in [1.82, 2.24) is 10.2 Å². The van der Waals surface area contributed by atoms with Crippen LogP contribution in [0.1, 0.15) is 59.3 Å². The Morgan fingerprint density at radius 1 is 1.17 bits per heavy atom. The second-order valence-electron chi connectivity index (χ2n) is 5.91. The molecule has 0 spiro atoms. The van der Waals surface area contributed by atoms with Gasteiger partial charge in [0.05, 0.1) is 0 Å². The van der Waals surface area contributed by atoms with Crippen LogP contribution in [-0.4, -0.2) is 23.5 Å². The van der Waals surface area contributed by atoms with Gasteiger partial charge in [0.1, 0.15) is 6.17 Å². The van der Waals surface area contributed by atoms with E-state index in [1.807, 2.05) is 6.92 Å². The van der Waals surface area contributed by atoms with Crippen molar-refractivity contribution >= 4 is 5.91 Å². The lowest BCUT2D eigenvalue weighted by molar-refractivity contribution is -0.131. The van der Waals surface area contributed by atoms with Crippen LogP contribution in [0.3, 0.4) is 0 Å². The normalized spacial score (nSPS) is 26.3. The minimum Gasteiger partial charge on any atom is -0.368 e. The fraction of sp³-hybridized carbons (Fsp3) is 0.800. The van der Waals surface area contributed by atoms with Crippen LogP contribution in [0.4, 0.5) is 0 Å². The van der Waals surface area contributed by atoms with Gasteiger partial charge in [-0.3, -0.25) is 4.79 Å². The van der Waals surface area contributed by atoms with E-state index in [4.69, 9.17) is 0 Å². The zero-order valence-electron chi connectivity index (χ0n) is 12.0. The largest absolute Gasteiger partial charge is 0.368 e. The summed E-state index contributed by atoms with van der Waals surface area (Å²) in [5, 5.41) is 3.62. The van der Waals surface area contributed by atoms with Gasteiger partial charge in [-0.1, -0.05) is 33.1 Å². The molecule has 0 aromatic carbocycles. The fourth-order valence-electron chi connectivity index (χ4n) is 3.07. The van der Waals surface area contributed by atoms with Crippen molar-refractivity contribution in [2.45, 2.75) is 65.5 Å². The molecule has 1 N–H and O–H groups in total. The zero-order valence-corrected chi connectivity index (χ0v) is 12.0. The van der Waals surface area contributed by atoms with E-state index >= 15 is 0 Å². The number of hydrogen-bond acceptors (Lipinski definition) is 2. The Labute approximate surface area is 111 Å². The first-order valence-electron chi connectivity index (χ1n) is 7.39. The van der Waals surface area contributed by atoms with Crippen LogP contribution in [0.5, 0.6) is 0 Å². The number of nitrogens with zero attached hydrogens (tertiary/aromatic N) is 1. The SMILES string of the molecule is CC1=C(C(C)C)NC2CCCCCCCN2C1=O. The van der Waals surface area contributed by atoms with Gasteiger partial charge in [-0.05, 0) is 32.1 Å². The molecule has 0 saturated carbocycles. The van der Waals surface area contributed by atoms with Crippen molar-refractivity contribution in [3.8, 4) is 0 Å². The molecule has 2 aliphatic rings. The maximum Gasteiger partial charge on any atom is 0.252 e. The van der Waals surface area contributed by atoms with Crippen molar-refractivity contribution in [3.05, 3.63) is 11.3 Å². The summed E-state index contributed by atoms with van der Waals surface area (Å²) in [6.07, 6.45) is 7.58. The lowest BCUT2D eigenvalue weighted by Crippen LogP contribution is -2.54. The third kappa shape index (κ3) is 2.70. The van der Waals surface area contributed by atoms with Crippen molar-refractivity contribution in [2.75, 3.05) is 6.54 Å². The summed E-state index contributed by atoms with van der Waals surface area (Å²) in [7, 11) is 0. The fourth-order valence-corrected chi connectivity index (χ4v) is 3.07. The molecule has 0 aromatic heterocycles. The molecule has 1 unspecified atom stereocenters.